The number of ether oxygens (including phenoxy) is 1. The van der Waals surface area contributed by atoms with Gasteiger partial charge in [-0.25, -0.2) is 4.79 Å². The number of carbonyl (C=O) groups excluding carboxylic acids is 1. The van der Waals surface area contributed by atoms with Gasteiger partial charge in [0.25, 0.3) is 5.56 Å². The molecule has 2 aromatic rings. The summed E-state index contributed by atoms with van der Waals surface area (Å²) in [6, 6.07) is 6.64. The summed E-state index contributed by atoms with van der Waals surface area (Å²) < 4.78 is 5.91. The van der Waals surface area contributed by atoms with Gasteiger partial charge in [-0.2, -0.15) is 9.78 Å². The fraction of sp³-hybridized carbons (Fsp3) is 0.353. The Hall–Kier alpha value is -2.34. The van der Waals surface area contributed by atoms with Crippen molar-refractivity contribution in [3.05, 3.63) is 51.4 Å². The SMILES string of the molecule is COC(=O)c1ccccc1-n1ncc(N2CCCCC2)c(Cl)c1=O. The van der Waals surface area contributed by atoms with Gasteiger partial charge in [-0.05, 0) is 31.4 Å². The predicted molar refractivity (Wildman–Crippen MR) is 92.2 cm³/mol. The molecular weight excluding hydrogens is 330 g/mol. The molecule has 7 heteroatoms. The van der Waals surface area contributed by atoms with Crippen LogP contribution in [0, 0.1) is 0 Å². The predicted octanol–water partition coefficient (Wildman–Crippen LogP) is 2.66. The summed E-state index contributed by atoms with van der Waals surface area (Å²) in [7, 11) is 1.29. The number of hydrogen-bond acceptors (Lipinski definition) is 5. The molecule has 2 heterocycles. The molecule has 0 unspecified atom stereocenters. The number of rotatable bonds is 3. The minimum absolute atomic E-state index is 0.117. The monoisotopic (exact) mass is 347 g/mol. The summed E-state index contributed by atoms with van der Waals surface area (Å²) in [6.45, 7) is 1.73. The first-order chi connectivity index (χ1) is 11.6. The maximum absolute atomic E-state index is 12.7. The molecule has 0 amide bonds. The van der Waals surface area contributed by atoms with Crippen molar-refractivity contribution in [2.75, 3.05) is 25.1 Å². The Morgan fingerprint density at radius 2 is 1.88 bits per heavy atom. The molecule has 0 bridgehead atoms. The van der Waals surface area contributed by atoms with Gasteiger partial charge in [0.15, 0.2) is 0 Å². The quantitative estimate of drug-likeness (QED) is 0.799. The van der Waals surface area contributed by atoms with Crippen molar-refractivity contribution in [1.29, 1.82) is 0 Å². The van der Waals surface area contributed by atoms with Gasteiger partial charge in [0.2, 0.25) is 0 Å². The van der Waals surface area contributed by atoms with E-state index in [-0.39, 0.29) is 10.6 Å². The molecule has 0 radical (unpaired) electrons. The fourth-order valence-electron chi connectivity index (χ4n) is 2.89. The minimum atomic E-state index is -0.532. The van der Waals surface area contributed by atoms with E-state index in [2.05, 4.69) is 10.00 Å². The molecule has 0 atom stereocenters. The fourth-order valence-corrected chi connectivity index (χ4v) is 3.14. The highest BCUT2D eigenvalue weighted by atomic mass is 35.5. The summed E-state index contributed by atoms with van der Waals surface area (Å²) in [4.78, 5) is 26.7. The highest BCUT2D eigenvalue weighted by Gasteiger charge is 2.20. The van der Waals surface area contributed by atoms with Crippen molar-refractivity contribution in [2.24, 2.45) is 0 Å². The van der Waals surface area contributed by atoms with E-state index in [1.54, 1.807) is 30.5 Å². The largest absolute Gasteiger partial charge is 0.465 e. The van der Waals surface area contributed by atoms with Gasteiger partial charge in [0.05, 0.1) is 30.2 Å². The zero-order valence-electron chi connectivity index (χ0n) is 13.4. The first-order valence-corrected chi connectivity index (χ1v) is 8.22. The molecule has 1 aromatic carbocycles. The van der Waals surface area contributed by atoms with Crippen molar-refractivity contribution in [3.63, 3.8) is 0 Å². The maximum Gasteiger partial charge on any atom is 0.340 e. The summed E-state index contributed by atoms with van der Waals surface area (Å²) in [6.07, 6.45) is 4.92. The van der Waals surface area contributed by atoms with Crippen molar-refractivity contribution in [3.8, 4) is 5.69 Å². The topological polar surface area (TPSA) is 64.4 Å². The highest BCUT2D eigenvalue weighted by Crippen LogP contribution is 2.25. The number of benzene rings is 1. The van der Waals surface area contributed by atoms with E-state index in [0.717, 1.165) is 30.6 Å². The second kappa shape index (κ2) is 7.05. The van der Waals surface area contributed by atoms with E-state index in [4.69, 9.17) is 16.3 Å². The zero-order valence-corrected chi connectivity index (χ0v) is 14.1. The first-order valence-electron chi connectivity index (χ1n) is 7.84. The smallest absolute Gasteiger partial charge is 0.340 e. The Balaban J connectivity index is 2.06. The van der Waals surface area contributed by atoms with Crippen LogP contribution in [0.2, 0.25) is 5.02 Å². The molecule has 0 spiro atoms. The summed E-state index contributed by atoms with van der Waals surface area (Å²) in [5.41, 5.74) is 0.807. The van der Waals surface area contributed by atoms with E-state index in [1.807, 2.05) is 0 Å². The number of halogens is 1. The number of anilines is 1. The number of carbonyl (C=O) groups is 1. The second-order valence-corrected chi connectivity index (χ2v) is 6.00. The Labute approximate surface area is 144 Å². The van der Waals surface area contributed by atoms with Crippen LogP contribution in [0.25, 0.3) is 5.69 Å². The van der Waals surface area contributed by atoms with E-state index in [0.29, 0.717) is 11.4 Å². The van der Waals surface area contributed by atoms with Gasteiger partial charge >= 0.3 is 5.97 Å². The van der Waals surface area contributed by atoms with Crippen LogP contribution in [-0.2, 0) is 4.74 Å². The maximum atomic E-state index is 12.7. The molecule has 1 fully saturated rings. The van der Waals surface area contributed by atoms with Gasteiger partial charge in [-0.15, -0.1) is 0 Å². The Morgan fingerprint density at radius 1 is 1.17 bits per heavy atom. The van der Waals surface area contributed by atoms with Crippen LogP contribution >= 0.6 is 11.6 Å². The molecule has 0 saturated carbocycles. The number of aromatic nitrogens is 2. The van der Waals surface area contributed by atoms with E-state index in [9.17, 15) is 9.59 Å². The number of piperidine rings is 1. The van der Waals surface area contributed by atoms with Crippen LogP contribution < -0.4 is 10.5 Å². The van der Waals surface area contributed by atoms with E-state index < -0.39 is 11.5 Å². The molecule has 0 N–H and O–H groups in total. The minimum Gasteiger partial charge on any atom is -0.465 e. The molecule has 6 nitrogen and oxygen atoms in total. The standard InChI is InChI=1S/C17H18ClN3O3/c1-24-17(23)12-7-3-4-8-13(12)21-16(22)15(18)14(11-19-21)20-9-5-2-6-10-20/h3-4,7-8,11H,2,5-6,9-10H2,1H3. The van der Waals surface area contributed by atoms with Crippen molar-refractivity contribution in [2.45, 2.75) is 19.3 Å². The number of hydrogen-bond donors (Lipinski definition) is 0. The number of para-hydroxylation sites is 1. The molecule has 1 aromatic heterocycles. The number of esters is 1. The second-order valence-electron chi connectivity index (χ2n) is 5.62. The number of nitrogens with zero attached hydrogens (tertiary/aromatic N) is 3. The third-order valence-electron chi connectivity index (χ3n) is 4.13. The lowest BCUT2D eigenvalue weighted by Crippen LogP contribution is -2.33. The molecule has 1 aliphatic rings. The van der Waals surface area contributed by atoms with Crippen molar-refractivity contribution >= 4 is 23.3 Å². The first kappa shape index (κ1) is 16.5. The summed E-state index contributed by atoms with van der Waals surface area (Å²) in [5.74, 6) is -0.532. The zero-order chi connectivity index (χ0) is 17.1. The van der Waals surface area contributed by atoms with Crippen molar-refractivity contribution < 1.29 is 9.53 Å². The normalized spacial score (nSPS) is 14.5. The van der Waals surface area contributed by atoms with Gasteiger partial charge in [0, 0.05) is 13.1 Å². The molecular formula is C17H18ClN3O3. The number of methoxy groups -OCH3 is 1. The van der Waals surface area contributed by atoms with Crippen LogP contribution in [0.4, 0.5) is 5.69 Å². The van der Waals surface area contributed by atoms with E-state index >= 15 is 0 Å². The Bertz CT molecular complexity index is 813. The summed E-state index contributed by atoms with van der Waals surface area (Å²) >= 11 is 6.32. The van der Waals surface area contributed by atoms with Gasteiger partial charge in [-0.3, -0.25) is 4.79 Å². The van der Waals surface area contributed by atoms with Crippen LogP contribution in [0.3, 0.4) is 0 Å². The van der Waals surface area contributed by atoms with Crippen molar-refractivity contribution in [1.82, 2.24) is 9.78 Å². The third-order valence-corrected chi connectivity index (χ3v) is 4.49. The van der Waals surface area contributed by atoms with Crippen LogP contribution in [0.1, 0.15) is 29.6 Å². The highest BCUT2D eigenvalue weighted by molar-refractivity contribution is 6.33. The van der Waals surface area contributed by atoms with Gasteiger partial charge in [0.1, 0.15) is 5.02 Å². The Morgan fingerprint density at radius 3 is 2.58 bits per heavy atom. The molecule has 1 saturated heterocycles. The van der Waals surface area contributed by atoms with Crippen LogP contribution in [-0.4, -0.2) is 35.9 Å². The van der Waals surface area contributed by atoms with Gasteiger partial charge < -0.3 is 9.64 Å². The third kappa shape index (κ3) is 3.01. The van der Waals surface area contributed by atoms with E-state index in [1.165, 1.54) is 13.5 Å². The van der Waals surface area contributed by atoms with Gasteiger partial charge in [-0.1, -0.05) is 23.7 Å². The lowest BCUT2D eigenvalue weighted by molar-refractivity contribution is 0.0600. The molecule has 24 heavy (non-hydrogen) atoms. The molecule has 0 aliphatic carbocycles. The summed E-state index contributed by atoms with van der Waals surface area (Å²) in [5, 5.41) is 4.35. The Kier molecular flexibility index (Phi) is 4.85. The molecule has 3 rings (SSSR count). The molecule has 1 aliphatic heterocycles. The lowest BCUT2D eigenvalue weighted by Gasteiger charge is -2.29. The van der Waals surface area contributed by atoms with Crippen LogP contribution in [0.15, 0.2) is 35.3 Å². The lowest BCUT2D eigenvalue weighted by atomic mass is 10.1. The van der Waals surface area contributed by atoms with Crippen LogP contribution in [0.5, 0.6) is 0 Å². The molecule has 126 valence electrons. The average Bonchev–Trinajstić information content (AvgIpc) is 2.64. The average molecular weight is 348 g/mol.